The van der Waals surface area contributed by atoms with Crippen molar-refractivity contribution < 1.29 is 24.4 Å². The van der Waals surface area contributed by atoms with Crippen LogP contribution in [0.4, 0.5) is 0 Å². The van der Waals surface area contributed by atoms with Crippen LogP contribution in [0.3, 0.4) is 0 Å². The van der Waals surface area contributed by atoms with Crippen LogP contribution in [0.2, 0.25) is 0 Å². The number of aromatic nitrogens is 1. The molecule has 0 aliphatic rings. The molecule has 0 radical (unpaired) electrons. The molecule has 1 aromatic heterocycles. The van der Waals surface area contributed by atoms with Crippen molar-refractivity contribution in [2.75, 3.05) is 0 Å². The van der Waals surface area contributed by atoms with Crippen LogP contribution in [0.1, 0.15) is 24.3 Å². The molecule has 0 unspecified atom stereocenters. The fraction of sp³-hybridized carbons (Fsp3) is 0.154. The fourth-order valence-corrected chi connectivity index (χ4v) is 3.48. The third-order valence-electron chi connectivity index (χ3n) is 5.54. The van der Waals surface area contributed by atoms with Gasteiger partial charge < -0.3 is 14.4 Å². The number of carbonyl (C=O) groups is 1. The van der Waals surface area contributed by atoms with Crippen LogP contribution < -0.4 is 5.48 Å². The monoisotopic (exact) mass is 444 g/mol. The summed E-state index contributed by atoms with van der Waals surface area (Å²) in [7, 11) is 0. The number of rotatable bonds is 8. The number of amides is 1. The van der Waals surface area contributed by atoms with E-state index in [-0.39, 0.29) is 12.3 Å². The number of hydroxylamine groups is 1. The Morgan fingerprint density at radius 1 is 0.970 bits per heavy atom. The largest absolute Gasteiger partial charge is 0.383 e. The molecule has 0 spiro atoms. The number of ether oxygens (including phenoxy) is 1. The van der Waals surface area contributed by atoms with Gasteiger partial charge in [-0.15, -0.1) is 0 Å². The number of aliphatic hydroxyl groups is 1. The highest BCUT2D eigenvalue weighted by atomic mass is 16.5. The summed E-state index contributed by atoms with van der Waals surface area (Å²) >= 11 is 0. The van der Waals surface area contributed by atoms with Gasteiger partial charge in [0.25, 0.3) is 5.91 Å². The summed E-state index contributed by atoms with van der Waals surface area (Å²) in [6.07, 6.45) is -1.49. The Balaban J connectivity index is 1.51. The van der Waals surface area contributed by atoms with Crippen molar-refractivity contribution in [3.05, 3.63) is 102 Å². The Hall–Kier alpha value is -3.78. The third-order valence-corrected chi connectivity index (χ3v) is 5.54. The first-order valence-electron chi connectivity index (χ1n) is 10.4. The van der Waals surface area contributed by atoms with Gasteiger partial charge in [-0.2, -0.15) is 0 Å². The summed E-state index contributed by atoms with van der Waals surface area (Å²) in [4.78, 5) is 12.5. The van der Waals surface area contributed by atoms with Crippen LogP contribution >= 0.6 is 0 Å². The van der Waals surface area contributed by atoms with Crippen molar-refractivity contribution in [3.8, 4) is 22.5 Å². The molecule has 0 aliphatic carbocycles. The SMILES string of the molecule is C[C@@](OCc1ccc(-c2ccccc2)cc1)(C(=O)NO)[C@H](O)c1cc(-c2ccccc2)on1. The van der Waals surface area contributed by atoms with E-state index in [9.17, 15) is 15.1 Å². The molecule has 7 heteroatoms. The van der Waals surface area contributed by atoms with Crippen LogP contribution in [0.25, 0.3) is 22.5 Å². The van der Waals surface area contributed by atoms with Crippen molar-refractivity contribution in [1.29, 1.82) is 0 Å². The summed E-state index contributed by atoms with van der Waals surface area (Å²) in [6, 6.07) is 28.4. The number of nitrogens with one attached hydrogen (secondary N) is 1. The normalized spacial score (nSPS) is 13.8. The zero-order chi connectivity index (χ0) is 23.3. The van der Waals surface area contributed by atoms with Crippen molar-refractivity contribution in [3.63, 3.8) is 0 Å². The second-order valence-electron chi connectivity index (χ2n) is 7.78. The van der Waals surface area contributed by atoms with Crippen LogP contribution in [0.15, 0.2) is 95.5 Å². The molecule has 4 rings (SSSR count). The number of nitrogens with zero attached hydrogens (tertiary/aromatic N) is 1. The quantitative estimate of drug-likeness (QED) is 0.273. The minimum atomic E-state index is -1.82. The molecule has 33 heavy (non-hydrogen) atoms. The molecule has 168 valence electrons. The van der Waals surface area contributed by atoms with Gasteiger partial charge in [0.1, 0.15) is 11.8 Å². The molecule has 1 heterocycles. The molecular formula is C26H24N2O5. The lowest BCUT2D eigenvalue weighted by Gasteiger charge is -2.31. The van der Waals surface area contributed by atoms with E-state index in [4.69, 9.17) is 9.26 Å². The molecule has 7 nitrogen and oxygen atoms in total. The summed E-state index contributed by atoms with van der Waals surface area (Å²) in [5.41, 5.74) is 3.57. The molecular weight excluding hydrogens is 420 g/mol. The predicted octanol–water partition coefficient (Wildman–Crippen LogP) is 4.52. The summed E-state index contributed by atoms with van der Waals surface area (Å²) in [6.45, 7) is 1.41. The molecule has 1 amide bonds. The molecule has 2 atom stereocenters. The maximum Gasteiger partial charge on any atom is 0.278 e. The summed E-state index contributed by atoms with van der Waals surface area (Å²) < 4.78 is 11.2. The lowest BCUT2D eigenvalue weighted by Crippen LogP contribution is -2.50. The van der Waals surface area contributed by atoms with Crippen molar-refractivity contribution in [2.45, 2.75) is 25.2 Å². The number of benzene rings is 3. The molecule has 0 bridgehead atoms. The smallest absolute Gasteiger partial charge is 0.278 e. The van der Waals surface area contributed by atoms with E-state index in [1.165, 1.54) is 6.92 Å². The highest BCUT2D eigenvalue weighted by molar-refractivity contribution is 5.84. The first-order chi connectivity index (χ1) is 16.0. The van der Waals surface area contributed by atoms with Gasteiger partial charge in [-0.05, 0) is 23.6 Å². The van der Waals surface area contributed by atoms with Crippen molar-refractivity contribution in [1.82, 2.24) is 10.6 Å². The highest BCUT2D eigenvalue weighted by Gasteiger charge is 2.44. The van der Waals surface area contributed by atoms with E-state index in [0.29, 0.717) is 5.76 Å². The van der Waals surface area contributed by atoms with E-state index in [1.54, 1.807) is 11.5 Å². The van der Waals surface area contributed by atoms with Crippen molar-refractivity contribution in [2.24, 2.45) is 0 Å². The third kappa shape index (κ3) is 4.85. The van der Waals surface area contributed by atoms with E-state index < -0.39 is 17.6 Å². The van der Waals surface area contributed by atoms with Gasteiger partial charge in [0, 0.05) is 11.6 Å². The Kier molecular flexibility index (Phi) is 6.65. The molecule has 4 aromatic rings. The number of carbonyl (C=O) groups excluding carboxylic acids is 1. The minimum Gasteiger partial charge on any atom is -0.383 e. The Bertz CT molecular complexity index is 1190. The molecule has 0 fully saturated rings. The second-order valence-corrected chi connectivity index (χ2v) is 7.78. The lowest BCUT2D eigenvalue weighted by molar-refractivity contribution is -0.174. The lowest BCUT2D eigenvalue weighted by atomic mass is 9.94. The van der Waals surface area contributed by atoms with E-state index in [1.807, 2.05) is 84.9 Å². The predicted molar refractivity (Wildman–Crippen MR) is 122 cm³/mol. The number of hydrogen-bond donors (Lipinski definition) is 3. The number of aliphatic hydroxyl groups excluding tert-OH is 1. The zero-order valence-corrected chi connectivity index (χ0v) is 18.0. The maximum atomic E-state index is 12.5. The molecule has 3 aromatic carbocycles. The molecule has 0 aliphatic heterocycles. The molecule has 0 saturated carbocycles. The summed E-state index contributed by atoms with van der Waals surface area (Å²) in [5.74, 6) is -0.465. The van der Waals surface area contributed by atoms with Gasteiger partial charge in [0.2, 0.25) is 0 Å². The zero-order valence-electron chi connectivity index (χ0n) is 18.0. The van der Waals surface area contributed by atoms with Crippen LogP contribution in [0, 0.1) is 0 Å². The van der Waals surface area contributed by atoms with E-state index in [0.717, 1.165) is 22.3 Å². The highest BCUT2D eigenvalue weighted by Crippen LogP contribution is 2.32. The average molecular weight is 444 g/mol. The van der Waals surface area contributed by atoms with Crippen LogP contribution in [0.5, 0.6) is 0 Å². The first-order valence-corrected chi connectivity index (χ1v) is 10.4. The average Bonchev–Trinajstić information content (AvgIpc) is 3.38. The van der Waals surface area contributed by atoms with E-state index in [2.05, 4.69) is 5.16 Å². The van der Waals surface area contributed by atoms with Gasteiger partial charge in [-0.1, -0.05) is 90.1 Å². The second kappa shape index (κ2) is 9.79. The van der Waals surface area contributed by atoms with Gasteiger partial charge in [-0.3, -0.25) is 10.0 Å². The first kappa shape index (κ1) is 22.4. The van der Waals surface area contributed by atoms with Crippen LogP contribution in [-0.2, 0) is 16.1 Å². The Morgan fingerprint density at radius 2 is 1.55 bits per heavy atom. The van der Waals surface area contributed by atoms with Crippen molar-refractivity contribution >= 4 is 5.91 Å². The van der Waals surface area contributed by atoms with Gasteiger partial charge >= 0.3 is 0 Å². The topological polar surface area (TPSA) is 105 Å². The van der Waals surface area contributed by atoms with Gasteiger partial charge in [-0.25, -0.2) is 5.48 Å². The van der Waals surface area contributed by atoms with E-state index >= 15 is 0 Å². The van der Waals surface area contributed by atoms with Gasteiger partial charge in [0.15, 0.2) is 11.4 Å². The summed E-state index contributed by atoms with van der Waals surface area (Å²) in [5, 5.41) is 24.1. The van der Waals surface area contributed by atoms with Crippen LogP contribution in [-0.4, -0.2) is 27.0 Å². The minimum absolute atomic E-state index is 0.0272. The number of hydrogen-bond acceptors (Lipinski definition) is 6. The van der Waals surface area contributed by atoms with Gasteiger partial charge in [0.05, 0.1) is 6.61 Å². The maximum absolute atomic E-state index is 12.5. The standard InChI is InChI=1S/C26H24N2O5/c1-26(25(30)27-31,24(29)22-16-23(33-28-22)21-10-6-3-7-11-21)32-17-18-12-14-20(15-13-18)19-8-4-2-5-9-19/h2-16,24,29,31H,17H2,1H3,(H,27,30)/t24-,26+/m1/s1. The molecule has 0 saturated heterocycles. The Labute approximate surface area is 191 Å². The molecule has 3 N–H and O–H groups in total. The Morgan fingerprint density at radius 3 is 2.15 bits per heavy atom. The fourth-order valence-electron chi connectivity index (χ4n) is 3.48.